The zero-order valence-electron chi connectivity index (χ0n) is 8.52. The van der Waals surface area contributed by atoms with Crippen molar-refractivity contribution in [1.82, 2.24) is 4.98 Å². The van der Waals surface area contributed by atoms with E-state index in [0.717, 1.165) is 28.4 Å². The van der Waals surface area contributed by atoms with Gasteiger partial charge in [-0.2, -0.15) is 0 Å². The van der Waals surface area contributed by atoms with Crippen LogP contribution in [0.15, 0.2) is 47.7 Å². The second-order valence-corrected chi connectivity index (χ2v) is 4.18. The van der Waals surface area contributed by atoms with Crippen LogP contribution in [-0.4, -0.2) is 10.7 Å². The van der Waals surface area contributed by atoms with Crippen LogP contribution >= 0.6 is 11.6 Å². The summed E-state index contributed by atoms with van der Waals surface area (Å²) in [6.07, 6.45) is 4.44. The van der Waals surface area contributed by atoms with E-state index in [1.165, 1.54) is 5.56 Å². The molecule has 0 amide bonds. The van der Waals surface area contributed by atoms with Gasteiger partial charge in [-0.1, -0.05) is 17.7 Å². The normalized spacial score (nSPS) is 13.4. The summed E-state index contributed by atoms with van der Waals surface area (Å²) in [5, 5.41) is 0.735. The van der Waals surface area contributed by atoms with E-state index in [-0.39, 0.29) is 0 Å². The topological polar surface area (TPSA) is 25.2 Å². The quantitative estimate of drug-likeness (QED) is 0.734. The average Bonchev–Trinajstić information content (AvgIpc) is 2.73. The van der Waals surface area contributed by atoms with Crippen molar-refractivity contribution in [3.8, 4) is 0 Å². The van der Waals surface area contributed by atoms with E-state index in [1.807, 2.05) is 30.3 Å². The SMILES string of the molecule is Clc1ccc2c(c1)N=C(c1ccncc1)C2. The first kappa shape index (κ1) is 9.55. The fourth-order valence-electron chi connectivity index (χ4n) is 1.87. The second-order valence-electron chi connectivity index (χ2n) is 3.74. The van der Waals surface area contributed by atoms with E-state index in [9.17, 15) is 0 Å². The van der Waals surface area contributed by atoms with E-state index >= 15 is 0 Å². The molecule has 0 radical (unpaired) electrons. The summed E-state index contributed by atoms with van der Waals surface area (Å²) in [5.74, 6) is 0. The van der Waals surface area contributed by atoms with Crippen LogP contribution in [0, 0.1) is 0 Å². The highest BCUT2D eigenvalue weighted by Crippen LogP contribution is 2.31. The Labute approximate surface area is 98.6 Å². The van der Waals surface area contributed by atoms with Gasteiger partial charge in [-0.05, 0) is 35.4 Å². The number of aliphatic imine (C=N–C) groups is 1. The van der Waals surface area contributed by atoms with Crippen molar-refractivity contribution in [2.24, 2.45) is 4.99 Å². The number of benzene rings is 1. The third-order valence-corrected chi connectivity index (χ3v) is 2.91. The summed E-state index contributed by atoms with van der Waals surface area (Å²) < 4.78 is 0. The molecule has 0 atom stereocenters. The molecule has 1 aliphatic rings. The maximum atomic E-state index is 5.94. The van der Waals surface area contributed by atoms with Crippen molar-refractivity contribution in [3.63, 3.8) is 0 Å². The number of rotatable bonds is 1. The fraction of sp³-hybridized carbons (Fsp3) is 0.0769. The highest BCUT2D eigenvalue weighted by Gasteiger charge is 2.15. The minimum atomic E-state index is 0.735. The lowest BCUT2D eigenvalue weighted by Gasteiger charge is -1.98. The predicted molar refractivity (Wildman–Crippen MR) is 65.6 cm³/mol. The van der Waals surface area contributed by atoms with Gasteiger partial charge in [-0.3, -0.25) is 9.98 Å². The summed E-state index contributed by atoms with van der Waals surface area (Å²) >= 11 is 5.94. The zero-order valence-corrected chi connectivity index (χ0v) is 9.28. The summed E-state index contributed by atoms with van der Waals surface area (Å²) in [6, 6.07) is 9.81. The molecular weight excluding hydrogens is 220 g/mol. The number of nitrogens with zero attached hydrogens (tertiary/aromatic N) is 2. The molecule has 0 saturated carbocycles. The van der Waals surface area contributed by atoms with Crippen LogP contribution in [0.3, 0.4) is 0 Å². The predicted octanol–water partition coefficient (Wildman–Crippen LogP) is 3.41. The van der Waals surface area contributed by atoms with E-state index in [2.05, 4.69) is 9.98 Å². The number of hydrogen-bond donors (Lipinski definition) is 0. The Morgan fingerprint density at radius 2 is 1.88 bits per heavy atom. The molecule has 0 aliphatic carbocycles. The lowest BCUT2D eigenvalue weighted by Crippen LogP contribution is -1.99. The van der Waals surface area contributed by atoms with Crippen LogP contribution in [-0.2, 0) is 6.42 Å². The summed E-state index contributed by atoms with van der Waals surface area (Å²) in [4.78, 5) is 8.59. The first-order chi connectivity index (χ1) is 7.83. The molecule has 0 unspecified atom stereocenters. The minimum absolute atomic E-state index is 0.735. The highest BCUT2D eigenvalue weighted by molar-refractivity contribution is 6.31. The lowest BCUT2D eigenvalue weighted by atomic mass is 10.1. The van der Waals surface area contributed by atoms with Crippen molar-refractivity contribution < 1.29 is 0 Å². The average molecular weight is 229 g/mol. The minimum Gasteiger partial charge on any atom is -0.265 e. The van der Waals surface area contributed by atoms with Gasteiger partial charge in [0.2, 0.25) is 0 Å². The molecule has 0 bridgehead atoms. The lowest BCUT2D eigenvalue weighted by molar-refractivity contribution is 1.31. The Kier molecular flexibility index (Phi) is 2.22. The Morgan fingerprint density at radius 1 is 1.06 bits per heavy atom. The molecule has 0 spiro atoms. The second kappa shape index (κ2) is 3.72. The molecule has 0 saturated heterocycles. The van der Waals surface area contributed by atoms with Crippen molar-refractivity contribution in [2.75, 3.05) is 0 Å². The maximum Gasteiger partial charge on any atom is 0.0684 e. The van der Waals surface area contributed by atoms with E-state index in [4.69, 9.17) is 11.6 Å². The molecule has 0 fully saturated rings. The summed E-state index contributed by atoms with van der Waals surface area (Å²) in [6.45, 7) is 0. The molecule has 3 rings (SSSR count). The molecule has 1 aliphatic heterocycles. The summed E-state index contributed by atoms with van der Waals surface area (Å²) in [7, 11) is 0. The van der Waals surface area contributed by atoms with Gasteiger partial charge in [-0.15, -0.1) is 0 Å². The maximum absolute atomic E-state index is 5.94. The third-order valence-electron chi connectivity index (χ3n) is 2.67. The molecule has 16 heavy (non-hydrogen) atoms. The molecule has 2 heterocycles. The Balaban J connectivity index is 2.02. The molecule has 78 valence electrons. The van der Waals surface area contributed by atoms with Crippen LogP contribution < -0.4 is 0 Å². The van der Waals surface area contributed by atoms with Gasteiger partial charge >= 0.3 is 0 Å². The number of pyridine rings is 1. The van der Waals surface area contributed by atoms with Crippen LogP contribution in [0.25, 0.3) is 0 Å². The molecule has 2 nitrogen and oxygen atoms in total. The van der Waals surface area contributed by atoms with E-state index in [0.29, 0.717) is 0 Å². The molecule has 1 aromatic carbocycles. The summed E-state index contributed by atoms with van der Waals surface area (Å²) in [5.41, 5.74) is 4.43. The van der Waals surface area contributed by atoms with Gasteiger partial charge in [0.25, 0.3) is 0 Å². The van der Waals surface area contributed by atoms with E-state index in [1.54, 1.807) is 12.4 Å². The van der Waals surface area contributed by atoms with Crippen molar-refractivity contribution >= 4 is 23.0 Å². The largest absolute Gasteiger partial charge is 0.265 e. The van der Waals surface area contributed by atoms with Crippen molar-refractivity contribution in [3.05, 3.63) is 58.9 Å². The Bertz CT molecular complexity index is 561. The van der Waals surface area contributed by atoms with Gasteiger partial charge in [0.1, 0.15) is 0 Å². The number of aromatic nitrogens is 1. The molecule has 1 aromatic heterocycles. The van der Waals surface area contributed by atoms with Crippen LogP contribution in [0.5, 0.6) is 0 Å². The first-order valence-corrected chi connectivity index (χ1v) is 5.47. The van der Waals surface area contributed by atoms with Gasteiger partial charge in [-0.25, -0.2) is 0 Å². The van der Waals surface area contributed by atoms with Gasteiger partial charge < -0.3 is 0 Å². The van der Waals surface area contributed by atoms with Crippen LogP contribution in [0.1, 0.15) is 11.1 Å². The van der Waals surface area contributed by atoms with Crippen molar-refractivity contribution in [1.29, 1.82) is 0 Å². The van der Waals surface area contributed by atoms with Crippen LogP contribution in [0.4, 0.5) is 5.69 Å². The van der Waals surface area contributed by atoms with Gasteiger partial charge in [0.05, 0.1) is 11.4 Å². The first-order valence-electron chi connectivity index (χ1n) is 5.09. The Hall–Kier alpha value is -1.67. The molecule has 0 N–H and O–H groups in total. The van der Waals surface area contributed by atoms with E-state index < -0.39 is 0 Å². The number of hydrogen-bond acceptors (Lipinski definition) is 2. The highest BCUT2D eigenvalue weighted by atomic mass is 35.5. The standard InChI is InChI=1S/C13H9ClN2/c14-11-2-1-10-7-12(16-13(10)8-11)9-3-5-15-6-4-9/h1-6,8H,7H2. The van der Waals surface area contributed by atoms with Crippen LogP contribution in [0.2, 0.25) is 5.02 Å². The smallest absolute Gasteiger partial charge is 0.0684 e. The monoisotopic (exact) mass is 228 g/mol. The van der Waals surface area contributed by atoms with Crippen molar-refractivity contribution in [2.45, 2.75) is 6.42 Å². The Morgan fingerprint density at radius 3 is 2.69 bits per heavy atom. The number of fused-ring (bicyclic) bond motifs is 1. The molecule has 2 aromatic rings. The zero-order chi connectivity index (χ0) is 11.0. The molecular formula is C13H9ClN2. The van der Waals surface area contributed by atoms with Gasteiger partial charge in [0, 0.05) is 23.8 Å². The fourth-order valence-corrected chi connectivity index (χ4v) is 2.03. The number of halogens is 1. The molecule has 3 heteroatoms. The van der Waals surface area contributed by atoms with Gasteiger partial charge in [0.15, 0.2) is 0 Å². The third kappa shape index (κ3) is 1.61.